The highest BCUT2D eigenvalue weighted by atomic mass is 32.1. The fraction of sp³-hybridized carbons (Fsp3) is 0.417. The summed E-state index contributed by atoms with van der Waals surface area (Å²) in [5.41, 5.74) is 0.635. The van der Waals surface area contributed by atoms with E-state index in [4.69, 9.17) is 4.74 Å². The fourth-order valence-electron chi connectivity index (χ4n) is 4.71. The first-order chi connectivity index (χ1) is 15.4. The van der Waals surface area contributed by atoms with Gasteiger partial charge >= 0.3 is 0 Å². The number of hydrogen-bond donors (Lipinski definition) is 1. The van der Waals surface area contributed by atoms with Gasteiger partial charge in [0.25, 0.3) is 5.56 Å². The normalized spacial score (nSPS) is 23.7. The molecular formula is C24H24FN3O3S. The monoisotopic (exact) mass is 453 g/mol. The molecule has 2 unspecified atom stereocenters. The maximum Gasteiger partial charge on any atom is 0.275 e. The number of aliphatic hydroxyl groups excluding tert-OH is 1. The Bertz CT molecular complexity index is 1280. The van der Waals surface area contributed by atoms with Gasteiger partial charge in [-0.2, -0.15) is 0 Å². The molecule has 3 aromatic rings. The molecule has 2 bridgehead atoms. The number of rotatable bonds is 3. The third-order valence-electron chi connectivity index (χ3n) is 6.38. The van der Waals surface area contributed by atoms with Crippen molar-refractivity contribution in [2.45, 2.75) is 56.9 Å². The average molecular weight is 454 g/mol. The van der Waals surface area contributed by atoms with Crippen molar-refractivity contribution < 1.29 is 14.2 Å². The average Bonchev–Trinajstić information content (AvgIpc) is 3.25. The number of hydrogen-bond acceptors (Lipinski definition) is 6. The van der Waals surface area contributed by atoms with Gasteiger partial charge in [0.1, 0.15) is 23.2 Å². The Balaban J connectivity index is 1.39. The Morgan fingerprint density at radius 1 is 1.28 bits per heavy atom. The SMILES string of the molecule is CC(O)C#Cc1cc2ncn(-c3ccc(OC4C[C@H]5CC[C@@H](C4)N5C)c(F)c3)c(=O)c2s1. The topological polar surface area (TPSA) is 67.6 Å². The molecule has 2 aliphatic heterocycles. The molecule has 4 atom stereocenters. The largest absolute Gasteiger partial charge is 0.487 e. The van der Waals surface area contributed by atoms with Crippen molar-refractivity contribution in [3.63, 3.8) is 0 Å². The van der Waals surface area contributed by atoms with Crippen LogP contribution >= 0.6 is 11.3 Å². The maximum atomic E-state index is 14.9. The summed E-state index contributed by atoms with van der Waals surface area (Å²) >= 11 is 1.21. The van der Waals surface area contributed by atoms with Gasteiger partial charge in [-0.05, 0) is 57.9 Å². The minimum atomic E-state index is -0.752. The van der Waals surface area contributed by atoms with Gasteiger partial charge in [0.2, 0.25) is 0 Å². The van der Waals surface area contributed by atoms with Gasteiger partial charge in [-0.25, -0.2) is 9.37 Å². The van der Waals surface area contributed by atoms with Gasteiger partial charge in [0.15, 0.2) is 11.6 Å². The number of piperidine rings is 1. The van der Waals surface area contributed by atoms with E-state index in [0.717, 1.165) is 12.8 Å². The number of halogens is 1. The lowest BCUT2D eigenvalue weighted by Gasteiger charge is -2.36. The Morgan fingerprint density at radius 3 is 2.72 bits per heavy atom. The van der Waals surface area contributed by atoms with Crippen LogP contribution in [0.2, 0.25) is 0 Å². The zero-order valence-corrected chi connectivity index (χ0v) is 18.7. The van der Waals surface area contributed by atoms with Crippen LogP contribution in [0.25, 0.3) is 15.9 Å². The summed E-state index contributed by atoms with van der Waals surface area (Å²) in [6.45, 7) is 1.57. The van der Waals surface area contributed by atoms with Crippen LogP contribution in [-0.2, 0) is 0 Å². The molecule has 2 saturated heterocycles. The van der Waals surface area contributed by atoms with Crippen LogP contribution in [0.5, 0.6) is 5.75 Å². The second-order valence-electron chi connectivity index (χ2n) is 8.57. The number of fused-ring (bicyclic) bond motifs is 3. The van der Waals surface area contributed by atoms with Crippen LogP contribution in [0, 0.1) is 17.7 Å². The maximum absolute atomic E-state index is 14.9. The van der Waals surface area contributed by atoms with Crippen molar-refractivity contribution in [2.75, 3.05) is 7.05 Å². The van der Waals surface area contributed by atoms with Gasteiger partial charge < -0.3 is 14.7 Å². The molecule has 2 fully saturated rings. The lowest BCUT2D eigenvalue weighted by atomic mass is 10.0. The molecule has 1 aromatic carbocycles. The fourth-order valence-corrected chi connectivity index (χ4v) is 5.61. The van der Waals surface area contributed by atoms with Gasteiger partial charge in [-0.15, -0.1) is 11.3 Å². The molecule has 0 aliphatic carbocycles. The molecule has 0 amide bonds. The minimum Gasteiger partial charge on any atom is -0.487 e. The first kappa shape index (κ1) is 21.1. The van der Waals surface area contributed by atoms with Crippen molar-refractivity contribution in [2.24, 2.45) is 0 Å². The molecule has 0 radical (unpaired) electrons. The predicted molar refractivity (Wildman–Crippen MR) is 122 cm³/mol. The molecular weight excluding hydrogens is 429 g/mol. The number of nitrogens with zero attached hydrogens (tertiary/aromatic N) is 3. The molecule has 166 valence electrons. The van der Waals surface area contributed by atoms with Crippen molar-refractivity contribution in [3.8, 4) is 23.3 Å². The van der Waals surface area contributed by atoms with E-state index in [2.05, 4.69) is 28.8 Å². The van der Waals surface area contributed by atoms with Crippen LogP contribution in [0.3, 0.4) is 0 Å². The lowest BCUT2D eigenvalue weighted by Crippen LogP contribution is -2.43. The standard InChI is InChI=1S/C24H24FN3O3S/c1-14(29)3-7-19-12-21-23(32-19)24(30)28(13-26-21)17-6-8-22(20(25)11-17)31-18-9-15-4-5-16(10-18)27(15)2/h6,8,11-16,18,29H,4-5,9-10H2,1-2H3/t14?,15-,16+,18?. The number of aromatic nitrogens is 2. The highest BCUT2D eigenvalue weighted by Crippen LogP contribution is 2.36. The smallest absolute Gasteiger partial charge is 0.275 e. The van der Waals surface area contributed by atoms with E-state index < -0.39 is 11.9 Å². The highest BCUT2D eigenvalue weighted by Gasteiger charge is 2.39. The lowest BCUT2D eigenvalue weighted by molar-refractivity contribution is 0.0636. The van der Waals surface area contributed by atoms with Gasteiger partial charge in [0.05, 0.1) is 16.1 Å². The molecule has 0 saturated carbocycles. The molecule has 1 N–H and O–H groups in total. The second kappa shape index (κ2) is 8.32. The van der Waals surface area contributed by atoms with Crippen molar-refractivity contribution in [1.82, 2.24) is 14.5 Å². The Morgan fingerprint density at radius 2 is 2.03 bits per heavy atom. The number of ether oxygens (including phenoxy) is 1. The van der Waals surface area contributed by atoms with Crippen LogP contribution in [0.15, 0.2) is 35.4 Å². The van der Waals surface area contributed by atoms with Crippen LogP contribution in [-0.4, -0.2) is 50.9 Å². The third kappa shape index (κ3) is 3.92. The summed E-state index contributed by atoms with van der Waals surface area (Å²) in [7, 11) is 2.16. The molecule has 8 heteroatoms. The Hall–Kier alpha value is -2.73. The molecule has 6 nitrogen and oxygen atoms in total. The van der Waals surface area contributed by atoms with E-state index in [9.17, 15) is 14.3 Å². The number of aliphatic hydroxyl groups is 1. The Kier molecular flexibility index (Phi) is 5.49. The van der Waals surface area contributed by atoms with Crippen molar-refractivity contribution in [1.29, 1.82) is 0 Å². The van der Waals surface area contributed by atoms with Gasteiger partial charge in [0, 0.05) is 18.2 Å². The van der Waals surface area contributed by atoms with E-state index in [1.54, 1.807) is 25.1 Å². The first-order valence-electron chi connectivity index (χ1n) is 10.8. The molecule has 4 heterocycles. The van der Waals surface area contributed by atoms with Gasteiger partial charge in [-0.3, -0.25) is 9.36 Å². The summed E-state index contributed by atoms with van der Waals surface area (Å²) in [5.74, 6) is 5.23. The van der Waals surface area contributed by atoms with Crippen molar-refractivity contribution in [3.05, 3.63) is 51.6 Å². The number of thiophene rings is 1. The van der Waals surface area contributed by atoms with Crippen molar-refractivity contribution >= 4 is 21.6 Å². The predicted octanol–water partition coefficient (Wildman–Crippen LogP) is 3.32. The van der Waals surface area contributed by atoms with Crippen LogP contribution in [0.4, 0.5) is 4.39 Å². The summed E-state index contributed by atoms with van der Waals surface area (Å²) in [5, 5.41) is 9.33. The summed E-state index contributed by atoms with van der Waals surface area (Å²) in [4.78, 5) is 20.4. The number of benzene rings is 1. The first-order valence-corrected chi connectivity index (χ1v) is 11.6. The van der Waals surface area contributed by atoms with E-state index in [1.165, 1.54) is 41.1 Å². The molecule has 2 aromatic heterocycles. The molecule has 5 rings (SSSR count). The van der Waals surface area contributed by atoms with E-state index >= 15 is 0 Å². The minimum absolute atomic E-state index is 0.0112. The Labute approximate surface area is 189 Å². The van der Waals surface area contributed by atoms with Crippen LogP contribution < -0.4 is 10.3 Å². The molecule has 32 heavy (non-hydrogen) atoms. The quantitative estimate of drug-likeness (QED) is 0.617. The summed E-state index contributed by atoms with van der Waals surface area (Å²) < 4.78 is 22.7. The third-order valence-corrected chi connectivity index (χ3v) is 7.41. The summed E-state index contributed by atoms with van der Waals surface area (Å²) in [6, 6.07) is 7.33. The highest BCUT2D eigenvalue weighted by molar-refractivity contribution is 7.19. The second-order valence-corrected chi connectivity index (χ2v) is 9.62. The summed E-state index contributed by atoms with van der Waals surface area (Å²) in [6.07, 6.45) is 4.83. The zero-order chi connectivity index (χ0) is 22.4. The van der Waals surface area contributed by atoms with E-state index in [1.807, 2.05) is 0 Å². The molecule has 2 aliphatic rings. The molecule has 0 spiro atoms. The van der Waals surface area contributed by atoms with E-state index in [0.29, 0.717) is 32.9 Å². The van der Waals surface area contributed by atoms with Gasteiger partial charge in [-0.1, -0.05) is 11.8 Å². The zero-order valence-electron chi connectivity index (χ0n) is 17.9. The van der Waals surface area contributed by atoms with Crippen LogP contribution in [0.1, 0.15) is 37.5 Å². The van der Waals surface area contributed by atoms with E-state index in [-0.39, 0.29) is 17.4 Å².